The molecule has 154 valence electrons. The van der Waals surface area contributed by atoms with Gasteiger partial charge in [-0.15, -0.1) is 0 Å². The number of carbonyl (C=O) groups excluding carboxylic acids is 1. The number of anilines is 1. The van der Waals surface area contributed by atoms with Crippen LogP contribution in [0.5, 0.6) is 0 Å². The van der Waals surface area contributed by atoms with Crippen molar-refractivity contribution in [3.05, 3.63) is 29.8 Å². The highest BCUT2D eigenvalue weighted by Crippen LogP contribution is 2.27. The van der Waals surface area contributed by atoms with Crippen molar-refractivity contribution in [1.82, 2.24) is 15.1 Å². The van der Waals surface area contributed by atoms with Crippen LogP contribution >= 0.6 is 0 Å². The first kappa shape index (κ1) is 20.4. The van der Waals surface area contributed by atoms with Crippen molar-refractivity contribution in [2.24, 2.45) is 4.99 Å². The number of benzene rings is 1. The number of hydrogen-bond donors (Lipinski definition) is 1. The SMILES string of the molecule is CN=C(NCC(=O)N1CCc2ccccc21)N1CCN(C(C)C(F)(F)F)CC1. The Morgan fingerprint density at radius 3 is 2.50 bits per heavy atom. The highest BCUT2D eigenvalue weighted by atomic mass is 19.4. The third kappa shape index (κ3) is 4.40. The van der Waals surface area contributed by atoms with E-state index in [0.29, 0.717) is 38.7 Å². The Morgan fingerprint density at radius 1 is 1.18 bits per heavy atom. The van der Waals surface area contributed by atoms with Gasteiger partial charge in [0.05, 0.1) is 6.54 Å². The van der Waals surface area contributed by atoms with E-state index in [1.165, 1.54) is 11.8 Å². The van der Waals surface area contributed by atoms with Crippen LogP contribution in [0.15, 0.2) is 29.3 Å². The van der Waals surface area contributed by atoms with E-state index in [2.05, 4.69) is 10.3 Å². The molecule has 1 atom stereocenters. The fraction of sp³-hybridized carbons (Fsp3) is 0.579. The smallest absolute Gasteiger partial charge is 0.347 e. The highest BCUT2D eigenvalue weighted by molar-refractivity contribution is 5.98. The van der Waals surface area contributed by atoms with E-state index in [0.717, 1.165) is 17.7 Å². The van der Waals surface area contributed by atoms with Gasteiger partial charge in [0, 0.05) is 45.5 Å². The number of aliphatic imine (C=N–C) groups is 1. The number of amides is 1. The summed E-state index contributed by atoms with van der Waals surface area (Å²) in [6, 6.07) is 6.39. The van der Waals surface area contributed by atoms with E-state index in [-0.39, 0.29) is 12.5 Å². The first-order valence-corrected chi connectivity index (χ1v) is 9.46. The van der Waals surface area contributed by atoms with Crippen LogP contribution in [-0.2, 0) is 11.2 Å². The molecule has 0 spiro atoms. The van der Waals surface area contributed by atoms with Gasteiger partial charge in [0.1, 0.15) is 6.04 Å². The molecule has 1 aromatic rings. The van der Waals surface area contributed by atoms with E-state index in [4.69, 9.17) is 0 Å². The van der Waals surface area contributed by atoms with Gasteiger partial charge in [0.2, 0.25) is 5.91 Å². The molecule has 6 nitrogen and oxygen atoms in total. The van der Waals surface area contributed by atoms with Gasteiger partial charge in [0.15, 0.2) is 5.96 Å². The Kier molecular flexibility index (Phi) is 6.12. The lowest BCUT2D eigenvalue weighted by atomic mass is 10.2. The van der Waals surface area contributed by atoms with Crippen LogP contribution in [0.3, 0.4) is 0 Å². The quantitative estimate of drug-likeness (QED) is 0.623. The number of hydrogen-bond acceptors (Lipinski definition) is 3. The fourth-order valence-electron chi connectivity index (χ4n) is 3.71. The number of halogens is 3. The molecule has 1 saturated heterocycles. The molecule has 0 radical (unpaired) electrons. The summed E-state index contributed by atoms with van der Waals surface area (Å²) in [6.07, 6.45) is -3.38. The Morgan fingerprint density at radius 2 is 1.86 bits per heavy atom. The second-order valence-corrected chi connectivity index (χ2v) is 7.07. The molecule has 0 bridgehead atoms. The van der Waals surface area contributed by atoms with Crippen molar-refractivity contribution in [2.45, 2.75) is 25.6 Å². The lowest BCUT2D eigenvalue weighted by Gasteiger charge is -2.39. The van der Waals surface area contributed by atoms with Crippen LogP contribution in [0.2, 0.25) is 0 Å². The van der Waals surface area contributed by atoms with Crippen molar-refractivity contribution in [2.75, 3.05) is 51.2 Å². The van der Waals surface area contributed by atoms with Crippen LogP contribution in [0, 0.1) is 0 Å². The lowest BCUT2D eigenvalue weighted by Crippen LogP contribution is -2.57. The number of nitrogens with one attached hydrogen (secondary N) is 1. The zero-order chi connectivity index (χ0) is 20.3. The molecule has 9 heteroatoms. The molecule has 0 aliphatic carbocycles. The minimum Gasteiger partial charge on any atom is -0.347 e. The number of guanidine groups is 1. The predicted molar refractivity (Wildman–Crippen MR) is 103 cm³/mol. The minimum atomic E-state index is -4.22. The molecule has 2 heterocycles. The van der Waals surface area contributed by atoms with Crippen LogP contribution in [0.1, 0.15) is 12.5 Å². The number of rotatable bonds is 3. The summed E-state index contributed by atoms with van der Waals surface area (Å²) in [5.41, 5.74) is 2.11. The molecular formula is C19H26F3N5O. The molecule has 1 aromatic carbocycles. The lowest BCUT2D eigenvalue weighted by molar-refractivity contribution is -0.181. The Bertz CT molecular complexity index is 729. The number of para-hydroxylation sites is 1. The minimum absolute atomic E-state index is 0.0459. The van der Waals surface area contributed by atoms with Crippen molar-refractivity contribution >= 4 is 17.6 Å². The van der Waals surface area contributed by atoms with Gasteiger partial charge >= 0.3 is 6.18 Å². The molecule has 1 unspecified atom stereocenters. The summed E-state index contributed by atoms with van der Waals surface area (Å²) < 4.78 is 38.7. The number of fused-ring (bicyclic) bond motifs is 1. The molecule has 1 fully saturated rings. The second-order valence-electron chi connectivity index (χ2n) is 7.07. The van der Waals surface area contributed by atoms with E-state index >= 15 is 0 Å². The number of piperazine rings is 1. The van der Waals surface area contributed by atoms with Gasteiger partial charge in [-0.05, 0) is 25.0 Å². The van der Waals surface area contributed by atoms with E-state index < -0.39 is 12.2 Å². The zero-order valence-electron chi connectivity index (χ0n) is 16.2. The number of nitrogens with zero attached hydrogens (tertiary/aromatic N) is 4. The largest absolute Gasteiger partial charge is 0.403 e. The third-order valence-electron chi connectivity index (χ3n) is 5.43. The Balaban J connectivity index is 1.51. The Labute approximate surface area is 163 Å². The summed E-state index contributed by atoms with van der Waals surface area (Å²) in [4.78, 5) is 21.9. The molecule has 1 N–H and O–H groups in total. The average molecular weight is 397 g/mol. The van der Waals surface area contributed by atoms with Crippen LogP contribution in [-0.4, -0.2) is 80.2 Å². The zero-order valence-corrected chi connectivity index (χ0v) is 16.2. The van der Waals surface area contributed by atoms with E-state index in [9.17, 15) is 18.0 Å². The summed E-state index contributed by atoms with van der Waals surface area (Å²) in [5, 5.41) is 3.06. The fourth-order valence-corrected chi connectivity index (χ4v) is 3.71. The van der Waals surface area contributed by atoms with Gasteiger partial charge in [-0.25, -0.2) is 0 Å². The molecule has 28 heavy (non-hydrogen) atoms. The van der Waals surface area contributed by atoms with E-state index in [1.807, 2.05) is 29.2 Å². The summed E-state index contributed by atoms with van der Waals surface area (Å²) >= 11 is 0. The van der Waals surface area contributed by atoms with Crippen molar-refractivity contribution in [3.63, 3.8) is 0 Å². The maximum atomic E-state index is 12.9. The maximum absolute atomic E-state index is 12.9. The van der Waals surface area contributed by atoms with E-state index in [1.54, 1.807) is 11.9 Å². The first-order chi connectivity index (χ1) is 13.3. The molecule has 3 rings (SSSR count). The van der Waals surface area contributed by atoms with Gasteiger partial charge in [0.25, 0.3) is 0 Å². The highest BCUT2D eigenvalue weighted by Gasteiger charge is 2.41. The van der Waals surface area contributed by atoms with Crippen molar-refractivity contribution in [3.8, 4) is 0 Å². The van der Waals surface area contributed by atoms with Gasteiger partial charge in [-0.3, -0.25) is 14.7 Å². The first-order valence-electron chi connectivity index (χ1n) is 9.46. The predicted octanol–water partition coefficient (Wildman–Crippen LogP) is 1.72. The summed E-state index contributed by atoms with van der Waals surface area (Å²) in [5.74, 6) is 0.496. The third-order valence-corrected chi connectivity index (χ3v) is 5.43. The van der Waals surface area contributed by atoms with Crippen molar-refractivity contribution < 1.29 is 18.0 Å². The molecule has 0 saturated carbocycles. The van der Waals surface area contributed by atoms with Gasteiger partial charge in [-0.2, -0.15) is 13.2 Å². The molecule has 1 amide bonds. The van der Waals surface area contributed by atoms with Gasteiger partial charge in [-0.1, -0.05) is 18.2 Å². The van der Waals surface area contributed by atoms with Crippen molar-refractivity contribution in [1.29, 1.82) is 0 Å². The van der Waals surface area contributed by atoms with Crippen LogP contribution < -0.4 is 10.2 Å². The summed E-state index contributed by atoms with van der Waals surface area (Å²) in [7, 11) is 1.61. The number of carbonyl (C=O) groups is 1. The van der Waals surface area contributed by atoms with Crippen LogP contribution in [0.4, 0.5) is 18.9 Å². The molecule has 2 aliphatic rings. The number of alkyl halides is 3. The molecule has 0 aromatic heterocycles. The monoisotopic (exact) mass is 397 g/mol. The average Bonchev–Trinajstić information content (AvgIpc) is 3.12. The second kappa shape index (κ2) is 8.38. The molecular weight excluding hydrogens is 371 g/mol. The molecule has 2 aliphatic heterocycles. The van der Waals surface area contributed by atoms with Gasteiger partial charge < -0.3 is 15.1 Å². The standard InChI is InChI=1S/C19H26F3N5O/c1-14(19(20,21)22)25-9-11-26(12-10-25)18(23-2)24-13-17(28)27-8-7-15-5-3-4-6-16(15)27/h3-6,14H,7-13H2,1-2H3,(H,23,24). The maximum Gasteiger partial charge on any atom is 0.403 e. The normalized spacial score (nSPS) is 19.5. The summed E-state index contributed by atoms with van der Waals surface area (Å²) in [6.45, 7) is 3.41. The topological polar surface area (TPSA) is 51.2 Å². The van der Waals surface area contributed by atoms with Crippen LogP contribution in [0.25, 0.3) is 0 Å². The Hall–Kier alpha value is -2.29.